The average Bonchev–Trinajstić information content (AvgIpc) is 3.74. The summed E-state index contributed by atoms with van der Waals surface area (Å²) in [5.74, 6) is 2.55. The first-order valence-corrected chi connectivity index (χ1v) is 14.6. The molecule has 3 aromatic rings. The number of non-ortho nitro benzene ring substituents is 1. The van der Waals surface area contributed by atoms with Gasteiger partial charge in [-0.3, -0.25) is 20.2 Å². The van der Waals surface area contributed by atoms with E-state index in [0.717, 1.165) is 35.9 Å². The number of aliphatic hydroxyl groups is 1. The Hall–Kier alpha value is -5.01. The molecule has 2 fully saturated rings. The number of furan rings is 1. The minimum Gasteiger partial charge on any atom is -0.493 e. The molecule has 0 radical (unpaired) electrons. The average molecular weight is 614 g/mol. The molecule has 2 aliphatic carbocycles. The van der Waals surface area contributed by atoms with Crippen LogP contribution in [0.2, 0.25) is 0 Å². The number of imide groups is 1. The maximum atomic E-state index is 11.3. The van der Waals surface area contributed by atoms with Crippen molar-refractivity contribution in [1.82, 2.24) is 15.2 Å². The van der Waals surface area contributed by atoms with E-state index in [1.165, 1.54) is 29.5 Å². The number of benzene rings is 2. The third-order valence-corrected chi connectivity index (χ3v) is 9.44. The van der Waals surface area contributed by atoms with Gasteiger partial charge in [0.1, 0.15) is 30.3 Å². The van der Waals surface area contributed by atoms with Gasteiger partial charge in [-0.1, -0.05) is 18.2 Å². The number of amides is 3. The number of urea groups is 1. The molecule has 45 heavy (non-hydrogen) atoms. The van der Waals surface area contributed by atoms with E-state index < -0.39 is 23.0 Å². The zero-order chi connectivity index (χ0) is 31.5. The van der Waals surface area contributed by atoms with Crippen molar-refractivity contribution in [2.45, 2.75) is 36.5 Å². The molecule has 2 saturated heterocycles. The number of likely N-dealkylation sites (N-methyl/N-ethyl adjacent to an activating group) is 1. The second kappa shape index (κ2) is 10.9. The first-order chi connectivity index (χ1) is 21.7. The number of piperidine rings is 1. The third-order valence-electron chi connectivity index (χ3n) is 9.44. The highest BCUT2D eigenvalue weighted by Gasteiger charge is 2.64. The van der Waals surface area contributed by atoms with Crippen LogP contribution in [-0.4, -0.2) is 83.6 Å². The van der Waals surface area contributed by atoms with Gasteiger partial charge in [-0.2, -0.15) is 5.10 Å². The van der Waals surface area contributed by atoms with E-state index in [1.807, 2.05) is 12.1 Å². The molecule has 5 atom stereocenters. The number of hydrogen-bond donors (Lipinski definition) is 2. The minimum atomic E-state index is -0.589. The summed E-state index contributed by atoms with van der Waals surface area (Å²) in [5.41, 5.74) is 3.27. The van der Waals surface area contributed by atoms with Crippen molar-refractivity contribution >= 4 is 23.8 Å². The zero-order valence-electron chi connectivity index (χ0n) is 24.6. The lowest BCUT2D eigenvalue weighted by Gasteiger charge is -2.56. The quantitative estimate of drug-likeness (QED) is 0.145. The summed E-state index contributed by atoms with van der Waals surface area (Å²) < 4.78 is 17.4. The second-order valence-corrected chi connectivity index (χ2v) is 11.8. The molecule has 3 amide bonds. The Balaban J connectivity index is 0.000000145. The third kappa shape index (κ3) is 4.66. The molecule has 2 bridgehead atoms. The van der Waals surface area contributed by atoms with E-state index in [9.17, 15) is 24.8 Å². The molecule has 0 unspecified atom stereocenters. The van der Waals surface area contributed by atoms with Gasteiger partial charge in [-0.05, 0) is 62.3 Å². The fourth-order valence-corrected chi connectivity index (χ4v) is 7.36. The number of nitro groups is 1. The van der Waals surface area contributed by atoms with Crippen molar-refractivity contribution in [3.63, 3.8) is 0 Å². The van der Waals surface area contributed by atoms with Gasteiger partial charge in [0.25, 0.3) is 5.69 Å². The first-order valence-electron chi connectivity index (χ1n) is 14.6. The minimum absolute atomic E-state index is 0.00759. The number of nitrogens with one attached hydrogen (secondary N) is 1. The predicted molar refractivity (Wildman–Crippen MR) is 161 cm³/mol. The van der Waals surface area contributed by atoms with Gasteiger partial charge in [-0.15, -0.1) is 0 Å². The van der Waals surface area contributed by atoms with Crippen LogP contribution in [0.5, 0.6) is 11.5 Å². The van der Waals surface area contributed by atoms with Crippen LogP contribution >= 0.6 is 0 Å². The molecule has 1 aromatic heterocycles. The molecular weight excluding hydrogens is 582 g/mol. The van der Waals surface area contributed by atoms with Crippen molar-refractivity contribution in [2.75, 3.05) is 27.2 Å². The number of hydrazone groups is 1. The molecule has 13 nitrogen and oxygen atoms in total. The summed E-state index contributed by atoms with van der Waals surface area (Å²) in [6.45, 7) is 0.920. The van der Waals surface area contributed by atoms with Crippen LogP contribution in [0.1, 0.15) is 23.3 Å². The molecule has 0 saturated carbocycles. The summed E-state index contributed by atoms with van der Waals surface area (Å²) in [5, 5.41) is 28.1. The number of likely N-dealkylation sites (tertiary alicyclic amines) is 1. The molecular formula is C32H31N5O8. The van der Waals surface area contributed by atoms with Crippen LogP contribution in [0.25, 0.3) is 11.3 Å². The van der Waals surface area contributed by atoms with E-state index in [1.54, 1.807) is 31.4 Å². The van der Waals surface area contributed by atoms with Crippen molar-refractivity contribution in [2.24, 2.45) is 11.0 Å². The molecule has 2 N–H and O–H groups in total. The number of nitrogens with zero attached hydrogens (tertiary/aromatic N) is 4. The van der Waals surface area contributed by atoms with Gasteiger partial charge in [0, 0.05) is 40.6 Å². The Morgan fingerprint density at radius 2 is 1.96 bits per heavy atom. The van der Waals surface area contributed by atoms with E-state index >= 15 is 0 Å². The second-order valence-electron chi connectivity index (χ2n) is 11.8. The van der Waals surface area contributed by atoms with E-state index in [0.29, 0.717) is 29.0 Å². The van der Waals surface area contributed by atoms with Gasteiger partial charge >= 0.3 is 6.03 Å². The molecule has 13 heteroatoms. The van der Waals surface area contributed by atoms with Gasteiger partial charge in [0.05, 0.1) is 18.2 Å². The van der Waals surface area contributed by atoms with Crippen molar-refractivity contribution < 1.29 is 33.5 Å². The summed E-state index contributed by atoms with van der Waals surface area (Å²) in [4.78, 5) is 34.9. The Morgan fingerprint density at radius 1 is 1.16 bits per heavy atom. The Bertz CT molecular complexity index is 1750. The highest BCUT2D eigenvalue weighted by atomic mass is 16.6. The highest BCUT2D eigenvalue weighted by molar-refractivity contribution is 6.02. The number of rotatable bonds is 5. The molecule has 8 rings (SSSR count). The van der Waals surface area contributed by atoms with E-state index in [-0.39, 0.29) is 23.8 Å². The number of carbonyl (C=O) groups excluding carboxylic acids is 2. The molecule has 232 valence electrons. The molecule has 2 aromatic carbocycles. The van der Waals surface area contributed by atoms with Crippen molar-refractivity contribution in [3.05, 3.63) is 87.7 Å². The van der Waals surface area contributed by atoms with Crippen LogP contribution in [0, 0.1) is 16.0 Å². The molecule has 4 heterocycles. The first kappa shape index (κ1) is 28.7. The maximum Gasteiger partial charge on any atom is 0.344 e. The Kier molecular flexibility index (Phi) is 6.94. The largest absolute Gasteiger partial charge is 0.493 e. The monoisotopic (exact) mass is 613 g/mol. The molecule has 3 aliphatic heterocycles. The molecule has 1 spiro atoms. The number of aliphatic hydroxyl groups excluding tert-OH is 1. The normalized spacial score (nSPS) is 27.5. The van der Waals surface area contributed by atoms with Crippen LogP contribution in [0.15, 0.2) is 70.2 Å². The number of carbonyl (C=O) groups is 2. The lowest BCUT2D eigenvalue weighted by Crippen LogP contribution is -2.64. The zero-order valence-corrected chi connectivity index (χ0v) is 24.6. The van der Waals surface area contributed by atoms with Gasteiger partial charge < -0.3 is 23.9 Å². The predicted octanol–water partition coefficient (Wildman–Crippen LogP) is 3.24. The van der Waals surface area contributed by atoms with Gasteiger partial charge in [-0.25, -0.2) is 9.80 Å². The highest BCUT2D eigenvalue weighted by Crippen LogP contribution is 2.62. The van der Waals surface area contributed by atoms with Crippen LogP contribution < -0.4 is 14.8 Å². The Labute approximate surface area is 257 Å². The van der Waals surface area contributed by atoms with Crippen molar-refractivity contribution in [1.29, 1.82) is 0 Å². The lowest BCUT2D eigenvalue weighted by molar-refractivity contribution is -0.384. The number of hydrogen-bond acceptors (Lipinski definition) is 10. The van der Waals surface area contributed by atoms with Crippen molar-refractivity contribution in [3.8, 4) is 22.8 Å². The molecule has 5 aliphatic rings. The maximum absolute atomic E-state index is 11.3. The summed E-state index contributed by atoms with van der Waals surface area (Å²) >= 11 is 0. The number of nitro benzene ring substituents is 1. The van der Waals surface area contributed by atoms with Crippen LogP contribution in [0.3, 0.4) is 0 Å². The van der Waals surface area contributed by atoms with E-state index in [4.69, 9.17) is 13.9 Å². The SMILES string of the molecule is COc1ccc2c3c1O[C@H]1[C@@H](O)C=C[C@H]4[C@@H](C2)N(C)CC[C@@]341.O=C1CN(N=Cc2ccc(-c3ccc([N+](=O)[O-])cc3)o2)C(=O)N1. The van der Waals surface area contributed by atoms with Gasteiger partial charge in [0.2, 0.25) is 5.91 Å². The number of methoxy groups -OCH3 is 1. The topological polar surface area (TPSA) is 160 Å². The van der Waals surface area contributed by atoms with E-state index in [2.05, 4.69) is 34.5 Å². The van der Waals surface area contributed by atoms with Crippen LogP contribution in [-0.2, 0) is 16.6 Å². The summed E-state index contributed by atoms with van der Waals surface area (Å²) in [7, 11) is 3.91. The Morgan fingerprint density at radius 3 is 2.67 bits per heavy atom. The fourth-order valence-electron chi connectivity index (χ4n) is 7.36. The van der Waals surface area contributed by atoms with Crippen LogP contribution in [0.4, 0.5) is 10.5 Å². The summed E-state index contributed by atoms with van der Waals surface area (Å²) in [6, 6.07) is 13.3. The smallest absolute Gasteiger partial charge is 0.344 e. The standard InChI is InChI=1S/C18H21NO3.C14H10N4O5/c1-19-8-7-18-11-4-5-13(20)17(18)22-16-14(21-2)6-3-10(15(16)18)9-12(11)19;19-13-8-17(14(20)16-13)15-7-11-5-6-12(23-11)9-1-3-10(4-2-9)18(21)22/h3-6,11-13,17,20H,7-9H2,1-2H3;1-7H,8H2,(H,16,19,20)/t11-,12+,13-,17-,18-;/m0./s1. The van der Waals surface area contributed by atoms with Gasteiger partial charge in [0.15, 0.2) is 11.5 Å². The number of ether oxygens (including phenoxy) is 2. The fraction of sp³-hybridized carbons (Fsp3) is 0.344. The lowest BCUT2D eigenvalue weighted by atomic mass is 9.53. The summed E-state index contributed by atoms with van der Waals surface area (Å²) in [6.07, 6.45) is 6.85.